The molecule has 0 spiro atoms. The molecule has 0 amide bonds. The van der Waals surface area contributed by atoms with Crippen LogP contribution < -0.4 is 11.3 Å². The number of rotatable bonds is 7. The van der Waals surface area contributed by atoms with Crippen molar-refractivity contribution >= 4 is 0 Å². The predicted molar refractivity (Wildman–Crippen MR) is 63.1 cm³/mol. The van der Waals surface area contributed by atoms with Crippen LogP contribution in [0.2, 0.25) is 0 Å². The molecule has 1 aliphatic rings. The van der Waals surface area contributed by atoms with Gasteiger partial charge in [-0.3, -0.25) is 5.84 Å². The minimum atomic E-state index is 0.224. The molecule has 0 radical (unpaired) electrons. The number of hydrogen-bond donors (Lipinski definition) is 2. The molecule has 3 heteroatoms. The normalized spacial score (nSPS) is 18.1. The van der Waals surface area contributed by atoms with E-state index in [-0.39, 0.29) is 6.04 Å². The maximum atomic E-state index is 5.61. The third-order valence-corrected chi connectivity index (χ3v) is 2.85. The summed E-state index contributed by atoms with van der Waals surface area (Å²) in [7, 11) is 0. The fourth-order valence-electron chi connectivity index (χ4n) is 1.90. The molecule has 0 fully saturated rings. The highest BCUT2D eigenvalue weighted by atomic mass is 16.5. The zero-order valence-electron chi connectivity index (χ0n) is 9.80. The molecular formula is C12H24N2O. The lowest BCUT2D eigenvalue weighted by Gasteiger charge is -2.23. The van der Waals surface area contributed by atoms with Crippen LogP contribution in [0.1, 0.15) is 51.9 Å². The fraction of sp³-hybridized carbons (Fsp3) is 0.833. The molecule has 0 aromatic rings. The van der Waals surface area contributed by atoms with Gasteiger partial charge < -0.3 is 4.74 Å². The van der Waals surface area contributed by atoms with Crippen molar-refractivity contribution < 1.29 is 4.74 Å². The van der Waals surface area contributed by atoms with Gasteiger partial charge in [-0.1, -0.05) is 32.6 Å². The smallest absolute Gasteiger partial charge is 0.110 e. The van der Waals surface area contributed by atoms with Gasteiger partial charge in [0, 0.05) is 0 Å². The summed E-state index contributed by atoms with van der Waals surface area (Å²) in [5, 5.41) is 0. The zero-order valence-corrected chi connectivity index (χ0v) is 9.80. The minimum absolute atomic E-state index is 0.224. The van der Waals surface area contributed by atoms with Crippen molar-refractivity contribution in [3.05, 3.63) is 11.8 Å². The lowest BCUT2D eigenvalue weighted by atomic mass is 10.0. The largest absolute Gasteiger partial charge is 0.497 e. The van der Waals surface area contributed by atoms with Crippen LogP contribution in [0, 0.1) is 0 Å². The van der Waals surface area contributed by atoms with Crippen LogP contribution >= 0.6 is 0 Å². The highest BCUT2D eigenvalue weighted by Crippen LogP contribution is 2.17. The minimum Gasteiger partial charge on any atom is -0.497 e. The molecule has 1 unspecified atom stereocenters. The van der Waals surface area contributed by atoms with E-state index in [1.54, 1.807) is 0 Å². The highest BCUT2D eigenvalue weighted by Gasteiger charge is 2.15. The summed E-state index contributed by atoms with van der Waals surface area (Å²) in [6, 6.07) is 0.224. The molecule has 0 aromatic carbocycles. The van der Waals surface area contributed by atoms with Gasteiger partial charge in [0.15, 0.2) is 0 Å². The van der Waals surface area contributed by atoms with E-state index >= 15 is 0 Å². The van der Waals surface area contributed by atoms with Gasteiger partial charge in [0.2, 0.25) is 0 Å². The lowest BCUT2D eigenvalue weighted by Crippen LogP contribution is -2.38. The Kier molecular flexibility index (Phi) is 6.44. The first-order valence-electron chi connectivity index (χ1n) is 6.17. The Hall–Kier alpha value is -0.540. The van der Waals surface area contributed by atoms with Crippen LogP contribution in [0.4, 0.5) is 0 Å². The Morgan fingerprint density at radius 3 is 2.93 bits per heavy atom. The van der Waals surface area contributed by atoms with Gasteiger partial charge in [-0.05, 0) is 25.3 Å². The van der Waals surface area contributed by atoms with Gasteiger partial charge in [-0.15, -0.1) is 0 Å². The van der Waals surface area contributed by atoms with Crippen molar-refractivity contribution in [2.75, 3.05) is 6.61 Å². The van der Waals surface area contributed by atoms with E-state index in [0.29, 0.717) is 0 Å². The highest BCUT2D eigenvalue weighted by molar-refractivity contribution is 5.04. The molecule has 1 rings (SSSR count). The Balaban J connectivity index is 2.25. The van der Waals surface area contributed by atoms with Crippen molar-refractivity contribution in [2.24, 2.45) is 5.84 Å². The first-order chi connectivity index (χ1) is 7.38. The molecule has 1 aliphatic heterocycles. The van der Waals surface area contributed by atoms with E-state index in [1.807, 2.05) is 0 Å². The van der Waals surface area contributed by atoms with Gasteiger partial charge in [-0.25, -0.2) is 5.43 Å². The summed E-state index contributed by atoms with van der Waals surface area (Å²) in [5.74, 6) is 6.60. The number of hydrazine groups is 1. The summed E-state index contributed by atoms with van der Waals surface area (Å²) in [4.78, 5) is 0. The quantitative estimate of drug-likeness (QED) is 0.387. The average molecular weight is 212 g/mol. The van der Waals surface area contributed by atoms with Crippen LogP contribution in [0.25, 0.3) is 0 Å². The van der Waals surface area contributed by atoms with Crippen LogP contribution in [0.15, 0.2) is 11.8 Å². The molecule has 0 saturated heterocycles. The van der Waals surface area contributed by atoms with Gasteiger partial charge in [0.05, 0.1) is 12.6 Å². The molecule has 0 aliphatic carbocycles. The molecule has 88 valence electrons. The zero-order chi connectivity index (χ0) is 10.9. The SMILES string of the molecule is CCCCCCC(NN)C1=CCCCO1. The molecule has 0 aromatic heterocycles. The number of allylic oxidation sites excluding steroid dienone is 1. The summed E-state index contributed by atoms with van der Waals surface area (Å²) in [5.41, 5.74) is 2.86. The van der Waals surface area contributed by atoms with E-state index in [1.165, 1.54) is 25.7 Å². The molecule has 0 bridgehead atoms. The van der Waals surface area contributed by atoms with Crippen LogP contribution in [-0.2, 0) is 4.74 Å². The number of hydrogen-bond acceptors (Lipinski definition) is 3. The second-order valence-electron chi connectivity index (χ2n) is 4.17. The maximum Gasteiger partial charge on any atom is 0.110 e. The first-order valence-corrected chi connectivity index (χ1v) is 6.17. The molecule has 1 atom stereocenters. The average Bonchev–Trinajstić information content (AvgIpc) is 2.30. The standard InChI is InChI=1S/C12H24N2O/c1-2-3-4-5-8-11(14-13)12-9-6-7-10-15-12/h9,11,14H,2-8,10,13H2,1H3. The Labute approximate surface area is 93.0 Å². The summed E-state index contributed by atoms with van der Waals surface area (Å²) in [6.45, 7) is 3.07. The van der Waals surface area contributed by atoms with E-state index < -0.39 is 0 Å². The van der Waals surface area contributed by atoms with E-state index in [2.05, 4.69) is 18.4 Å². The predicted octanol–water partition coefficient (Wildman–Crippen LogP) is 2.48. The third-order valence-electron chi connectivity index (χ3n) is 2.85. The van der Waals surface area contributed by atoms with E-state index in [9.17, 15) is 0 Å². The van der Waals surface area contributed by atoms with Crippen LogP contribution in [0.5, 0.6) is 0 Å². The van der Waals surface area contributed by atoms with E-state index in [0.717, 1.165) is 31.6 Å². The second-order valence-corrected chi connectivity index (χ2v) is 4.17. The Morgan fingerprint density at radius 2 is 2.33 bits per heavy atom. The van der Waals surface area contributed by atoms with Crippen molar-refractivity contribution in [3.8, 4) is 0 Å². The number of nitrogens with two attached hydrogens (primary N) is 1. The van der Waals surface area contributed by atoms with Gasteiger partial charge in [0.1, 0.15) is 5.76 Å². The molecule has 0 saturated carbocycles. The van der Waals surface area contributed by atoms with Crippen molar-refractivity contribution in [3.63, 3.8) is 0 Å². The lowest BCUT2D eigenvalue weighted by molar-refractivity contribution is 0.164. The van der Waals surface area contributed by atoms with Crippen molar-refractivity contribution in [2.45, 2.75) is 57.9 Å². The number of unbranched alkanes of at least 4 members (excludes halogenated alkanes) is 3. The monoisotopic (exact) mass is 212 g/mol. The fourth-order valence-corrected chi connectivity index (χ4v) is 1.90. The topological polar surface area (TPSA) is 47.3 Å². The second kappa shape index (κ2) is 7.71. The Bertz CT molecular complexity index is 192. The summed E-state index contributed by atoms with van der Waals surface area (Å²) < 4.78 is 5.61. The van der Waals surface area contributed by atoms with Gasteiger partial charge in [-0.2, -0.15) is 0 Å². The maximum absolute atomic E-state index is 5.61. The number of nitrogens with one attached hydrogen (secondary N) is 1. The molecule has 1 heterocycles. The molecule has 15 heavy (non-hydrogen) atoms. The molecule has 3 nitrogen and oxygen atoms in total. The number of ether oxygens (including phenoxy) is 1. The van der Waals surface area contributed by atoms with Crippen LogP contribution in [-0.4, -0.2) is 12.6 Å². The Morgan fingerprint density at radius 1 is 1.47 bits per heavy atom. The van der Waals surface area contributed by atoms with Crippen LogP contribution in [0.3, 0.4) is 0 Å². The van der Waals surface area contributed by atoms with Gasteiger partial charge >= 0.3 is 0 Å². The third kappa shape index (κ3) is 4.67. The summed E-state index contributed by atoms with van der Waals surface area (Å²) in [6.07, 6.45) is 10.6. The van der Waals surface area contributed by atoms with Crippen molar-refractivity contribution in [1.29, 1.82) is 0 Å². The van der Waals surface area contributed by atoms with Gasteiger partial charge in [0.25, 0.3) is 0 Å². The first kappa shape index (κ1) is 12.5. The molecular weight excluding hydrogens is 188 g/mol. The van der Waals surface area contributed by atoms with E-state index in [4.69, 9.17) is 10.6 Å². The molecule has 3 N–H and O–H groups in total. The van der Waals surface area contributed by atoms with Crippen molar-refractivity contribution in [1.82, 2.24) is 5.43 Å². The summed E-state index contributed by atoms with van der Waals surface area (Å²) >= 11 is 0.